The van der Waals surface area contributed by atoms with Gasteiger partial charge in [0, 0.05) is 30.3 Å². The lowest BCUT2D eigenvalue weighted by Crippen LogP contribution is -2.31. The number of carbonyl (C=O) groups is 1. The molecule has 1 aliphatic carbocycles. The van der Waals surface area contributed by atoms with Gasteiger partial charge in [0.1, 0.15) is 0 Å². The lowest BCUT2D eigenvalue weighted by Gasteiger charge is -2.30. The molecule has 1 amide bonds. The molecule has 1 N–H and O–H groups in total. The molecule has 1 heterocycles. The molecule has 1 saturated carbocycles. The average molecular weight is 406 g/mol. The van der Waals surface area contributed by atoms with Crippen molar-refractivity contribution >= 4 is 21.6 Å². The smallest absolute Gasteiger partial charge is 0.267 e. The molecule has 2 fully saturated rings. The van der Waals surface area contributed by atoms with Crippen molar-refractivity contribution in [1.82, 2.24) is 9.73 Å². The van der Waals surface area contributed by atoms with Crippen LogP contribution in [0.1, 0.15) is 63.2 Å². The first-order chi connectivity index (χ1) is 13.3. The molecular formula is C21H31N3O3S. The van der Waals surface area contributed by atoms with Crippen molar-refractivity contribution in [2.75, 3.05) is 13.1 Å². The van der Waals surface area contributed by atoms with Gasteiger partial charge in [-0.15, -0.1) is 0 Å². The monoisotopic (exact) mass is 405 g/mol. The lowest BCUT2D eigenvalue weighted by molar-refractivity contribution is 0.0954. The summed E-state index contributed by atoms with van der Waals surface area (Å²) in [6.07, 6.45) is 4.94. The molecule has 1 aromatic rings. The Morgan fingerprint density at radius 1 is 1.21 bits per heavy atom. The summed E-state index contributed by atoms with van der Waals surface area (Å²) >= 11 is 0. The van der Waals surface area contributed by atoms with Crippen LogP contribution in [0.2, 0.25) is 0 Å². The van der Waals surface area contributed by atoms with E-state index in [0.717, 1.165) is 31.4 Å². The van der Waals surface area contributed by atoms with Gasteiger partial charge in [-0.2, -0.15) is 9.41 Å². The maximum Gasteiger partial charge on any atom is 0.271 e. The molecule has 0 spiro atoms. The Bertz CT molecular complexity index is 842. The second-order valence-electron chi connectivity index (χ2n) is 8.42. The fourth-order valence-corrected chi connectivity index (χ4v) is 5.71. The number of benzene rings is 1. The van der Waals surface area contributed by atoms with E-state index in [9.17, 15) is 13.2 Å². The van der Waals surface area contributed by atoms with Crippen molar-refractivity contribution in [1.29, 1.82) is 0 Å². The van der Waals surface area contributed by atoms with E-state index in [0.29, 0.717) is 36.4 Å². The topological polar surface area (TPSA) is 78.8 Å². The highest BCUT2D eigenvalue weighted by atomic mass is 32.2. The van der Waals surface area contributed by atoms with Crippen LogP contribution in [-0.4, -0.2) is 37.4 Å². The number of nitrogens with one attached hydrogen (secondary N) is 1. The van der Waals surface area contributed by atoms with Crippen LogP contribution in [0.3, 0.4) is 0 Å². The van der Waals surface area contributed by atoms with Crippen LogP contribution in [0.4, 0.5) is 0 Å². The van der Waals surface area contributed by atoms with Gasteiger partial charge < -0.3 is 0 Å². The number of amides is 1. The van der Waals surface area contributed by atoms with Gasteiger partial charge in [0.2, 0.25) is 10.0 Å². The molecule has 2 atom stereocenters. The van der Waals surface area contributed by atoms with E-state index < -0.39 is 10.0 Å². The van der Waals surface area contributed by atoms with Gasteiger partial charge in [-0.05, 0) is 62.1 Å². The summed E-state index contributed by atoms with van der Waals surface area (Å²) in [7, 11) is -3.54. The molecule has 154 valence electrons. The highest BCUT2D eigenvalue weighted by Crippen LogP contribution is 2.31. The Morgan fingerprint density at radius 3 is 2.61 bits per heavy atom. The first-order valence-electron chi connectivity index (χ1n) is 10.3. The number of nitrogens with zero attached hydrogens (tertiary/aromatic N) is 2. The van der Waals surface area contributed by atoms with E-state index in [4.69, 9.17) is 0 Å². The zero-order chi connectivity index (χ0) is 20.3. The average Bonchev–Trinajstić information content (AvgIpc) is 3.21. The van der Waals surface area contributed by atoms with Crippen LogP contribution in [0, 0.1) is 17.8 Å². The van der Waals surface area contributed by atoms with Crippen molar-refractivity contribution < 1.29 is 13.2 Å². The fraction of sp³-hybridized carbons (Fsp3) is 0.619. The minimum atomic E-state index is -3.54. The summed E-state index contributed by atoms with van der Waals surface area (Å²) in [6.45, 7) is 7.66. The number of sulfonamides is 1. The summed E-state index contributed by atoms with van der Waals surface area (Å²) < 4.78 is 27.0. The fourth-order valence-electron chi connectivity index (χ4n) is 4.15. The summed E-state index contributed by atoms with van der Waals surface area (Å²) in [5.41, 5.74) is 4.02. The maximum atomic E-state index is 12.7. The van der Waals surface area contributed by atoms with Gasteiger partial charge in [-0.1, -0.05) is 26.8 Å². The Balaban J connectivity index is 1.76. The molecule has 7 heteroatoms. The molecule has 2 aliphatic rings. The third-order valence-electron chi connectivity index (χ3n) is 5.86. The molecular weight excluding hydrogens is 374 g/mol. The first kappa shape index (κ1) is 21.0. The molecule has 6 nitrogen and oxygen atoms in total. The molecule has 0 unspecified atom stereocenters. The van der Waals surface area contributed by atoms with E-state index in [1.54, 1.807) is 18.2 Å². The van der Waals surface area contributed by atoms with E-state index >= 15 is 0 Å². The van der Waals surface area contributed by atoms with Crippen LogP contribution < -0.4 is 5.43 Å². The number of hydrazone groups is 1. The number of rotatable bonds is 5. The predicted octanol–water partition coefficient (Wildman–Crippen LogP) is 3.65. The molecule has 28 heavy (non-hydrogen) atoms. The Morgan fingerprint density at radius 2 is 1.93 bits per heavy atom. The van der Waals surface area contributed by atoms with Gasteiger partial charge in [-0.25, -0.2) is 13.8 Å². The highest BCUT2D eigenvalue weighted by Gasteiger charge is 2.29. The predicted molar refractivity (Wildman–Crippen MR) is 111 cm³/mol. The molecule has 0 radical (unpaired) electrons. The molecule has 3 rings (SSSR count). The van der Waals surface area contributed by atoms with Crippen LogP contribution >= 0.6 is 0 Å². The van der Waals surface area contributed by atoms with Gasteiger partial charge in [0.05, 0.1) is 4.90 Å². The Hall–Kier alpha value is -1.73. The molecule has 1 aliphatic heterocycles. The van der Waals surface area contributed by atoms with E-state index in [-0.39, 0.29) is 10.8 Å². The van der Waals surface area contributed by atoms with Crippen molar-refractivity contribution in [3.05, 3.63) is 29.8 Å². The van der Waals surface area contributed by atoms with Gasteiger partial charge in [0.25, 0.3) is 5.91 Å². The van der Waals surface area contributed by atoms with Crippen LogP contribution in [0.15, 0.2) is 34.3 Å². The Labute approximate surface area is 168 Å². The van der Waals surface area contributed by atoms with E-state index in [1.807, 2.05) is 0 Å². The van der Waals surface area contributed by atoms with Gasteiger partial charge in [0.15, 0.2) is 0 Å². The Kier molecular flexibility index (Phi) is 6.55. The summed E-state index contributed by atoms with van der Waals surface area (Å²) in [5, 5.41) is 4.44. The van der Waals surface area contributed by atoms with E-state index in [2.05, 4.69) is 31.3 Å². The van der Waals surface area contributed by atoms with Gasteiger partial charge in [-0.3, -0.25) is 4.79 Å². The zero-order valence-corrected chi connectivity index (χ0v) is 17.8. The number of hydrogen-bond donors (Lipinski definition) is 1. The SMILES string of the molecule is CC(C)[C@@H]1CC[C@H](C)CC1=NNC(=O)c1cccc(S(=O)(=O)N2CCCC2)c1. The second kappa shape index (κ2) is 8.74. The lowest BCUT2D eigenvalue weighted by atomic mass is 9.76. The third-order valence-corrected chi connectivity index (χ3v) is 7.76. The molecule has 0 bridgehead atoms. The standard InChI is InChI=1S/C21H31N3O3S/c1-15(2)19-10-9-16(3)13-20(19)22-23-21(25)17-7-6-8-18(14-17)28(26,27)24-11-4-5-12-24/h6-8,14-16,19H,4-5,9-13H2,1-3H3,(H,23,25)/t16-,19-/m0/s1. The van der Waals surface area contributed by atoms with Crippen LogP contribution in [-0.2, 0) is 10.0 Å². The maximum absolute atomic E-state index is 12.7. The normalized spacial score (nSPS) is 25.4. The minimum Gasteiger partial charge on any atom is -0.267 e. The van der Waals surface area contributed by atoms with Gasteiger partial charge >= 0.3 is 0 Å². The second-order valence-corrected chi connectivity index (χ2v) is 10.4. The number of hydrogen-bond acceptors (Lipinski definition) is 4. The van der Waals surface area contributed by atoms with Crippen molar-refractivity contribution in [2.24, 2.45) is 22.9 Å². The van der Waals surface area contributed by atoms with Crippen LogP contribution in [0.5, 0.6) is 0 Å². The van der Waals surface area contributed by atoms with Crippen molar-refractivity contribution in [3.63, 3.8) is 0 Å². The first-order valence-corrected chi connectivity index (χ1v) is 11.7. The molecule has 1 aromatic carbocycles. The molecule has 0 aromatic heterocycles. The third kappa shape index (κ3) is 4.63. The summed E-state index contributed by atoms with van der Waals surface area (Å²) in [6, 6.07) is 6.24. The summed E-state index contributed by atoms with van der Waals surface area (Å²) in [5.74, 6) is 1.07. The van der Waals surface area contributed by atoms with Crippen molar-refractivity contribution in [3.8, 4) is 0 Å². The minimum absolute atomic E-state index is 0.168. The van der Waals surface area contributed by atoms with Crippen LogP contribution in [0.25, 0.3) is 0 Å². The number of carbonyl (C=O) groups excluding carboxylic acids is 1. The zero-order valence-electron chi connectivity index (χ0n) is 17.0. The quantitative estimate of drug-likeness (QED) is 0.760. The van der Waals surface area contributed by atoms with E-state index in [1.165, 1.54) is 16.8 Å². The summed E-state index contributed by atoms with van der Waals surface area (Å²) in [4.78, 5) is 12.8. The van der Waals surface area contributed by atoms with Crippen molar-refractivity contribution in [2.45, 2.75) is 57.8 Å². The largest absolute Gasteiger partial charge is 0.271 e. The molecule has 1 saturated heterocycles. The highest BCUT2D eigenvalue weighted by molar-refractivity contribution is 7.89.